The zero-order valence-electron chi connectivity index (χ0n) is 18.0. The Hall–Kier alpha value is -2.51. The highest BCUT2D eigenvalue weighted by atomic mass is 16.5. The molecule has 3 fully saturated rings. The molecule has 7 rings (SSSR count). The highest BCUT2D eigenvalue weighted by molar-refractivity contribution is 5.92. The van der Waals surface area contributed by atoms with E-state index in [0.29, 0.717) is 24.3 Å². The highest BCUT2D eigenvalue weighted by Gasteiger charge is 2.73. The number of phenolic OH excluding ortho intramolecular Hbond substituents is 1. The number of hydrogen-bond donors (Lipinski definition) is 4. The van der Waals surface area contributed by atoms with Gasteiger partial charge in [0.25, 0.3) is 5.91 Å². The lowest BCUT2D eigenvalue weighted by atomic mass is 9.48. The van der Waals surface area contributed by atoms with Gasteiger partial charge in [0.1, 0.15) is 11.8 Å². The van der Waals surface area contributed by atoms with Crippen molar-refractivity contribution in [3.63, 3.8) is 0 Å². The largest absolute Gasteiger partial charge is 0.504 e. The molecule has 0 unspecified atom stereocenters. The number of piperidine rings is 1. The molecule has 32 heavy (non-hydrogen) atoms. The molecule has 2 bridgehead atoms. The lowest BCUT2D eigenvalue weighted by Crippen LogP contribution is -2.78. The number of aromatic amines is 1. The molecule has 1 spiro atoms. The van der Waals surface area contributed by atoms with Crippen LogP contribution in [-0.2, 0) is 11.8 Å². The normalized spacial score (nSPS) is 37.0. The number of phenols is 1. The number of H-pyrrole nitrogens is 1. The van der Waals surface area contributed by atoms with E-state index in [4.69, 9.17) is 4.74 Å². The number of amides is 1. The number of aromatic hydroxyl groups is 1. The molecular weight excluding hydrogens is 406 g/mol. The Morgan fingerprint density at radius 3 is 2.91 bits per heavy atom. The Balaban J connectivity index is 1.32. The number of hydrogen-bond acceptors (Lipinski definition) is 5. The quantitative estimate of drug-likeness (QED) is 0.590. The van der Waals surface area contributed by atoms with Crippen molar-refractivity contribution in [3.05, 3.63) is 47.3 Å². The highest BCUT2D eigenvalue weighted by Crippen LogP contribution is 2.65. The number of likely N-dealkylation sites (tertiary alicyclic amines) is 1. The van der Waals surface area contributed by atoms with Crippen LogP contribution in [0.25, 0.3) is 0 Å². The zero-order valence-corrected chi connectivity index (χ0v) is 18.0. The van der Waals surface area contributed by atoms with E-state index >= 15 is 0 Å². The summed E-state index contributed by atoms with van der Waals surface area (Å²) in [7, 11) is 0. The number of benzene rings is 1. The molecule has 1 saturated heterocycles. The van der Waals surface area contributed by atoms with E-state index in [1.165, 1.54) is 18.4 Å². The van der Waals surface area contributed by atoms with E-state index in [2.05, 4.69) is 15.2 Å². The summed E-state index contributed by atoms with van der Waals surface area (Å²) in [6.45, 7) is 1.97. The van der Waals surface area contributed by atoms with Crippen molar-refractivity contribution < 1.29 is 19.7 Å². The van der Waals surface area contributed by atoms with Crippen molar-refractivity contribution in [1.82, 2.24) is 15.2 Å². The van der Waals surface area contributed by atoms with Gasteiger partial charge in [0.05, 0.1) is 17.1 Å². The minimum atomic E-state index is -0.926. The van der Waals surface area contributed by atoms with Crippen LogP contribution in [-0.4, -0.2) is 62.9 Å². The van der Waals surface area contributed by atoms with Gasteiger partial charge in [-0.2, -0.15) is 0 Å². The van der Waals surface area contributed by atoms with Crippen molar-refractivity contribution in [2.75, 3.05) is 13.1 Å². The summed E-state index contributed by atoms with van der Waals surface area (Å²) in [5, 5.41) is 26.3. The third kappa shape index (κ3) is 2.30. The van der Waals surface area contributed by atoms with Crippen LogP contribution in [0.15, 0.2) is 30.5 Å². The third-order valence-corrected chi connectivity index (χ3v) is 8.92. The summed E-state index contributed by atoms with van der Waals surface area (Å²) < 4.78 is 6.48. The van der Waals surface area contributed by atoms with Crippen LogP contribution in [0.3, 0.4) is 0 Å². The molecule has 5 aliphatic rings. The van der Waals surface area contributed by atoms with Gasteiger partial charge in [0.2, 0.25) is 0 Å². The molecule has 7 heteroatoms. The zero-order chi connectivity index (χ0) is 21.7. The minimum absolute atomic E-state index is 0.0472. The minimum Gasteiger partial charge on any atom is -0.504 e. The topological polar surface area (TPSA) is 97.8 Å². The number of carbonyl (C=O) groups is 1. The maximum atomic E-state index is 12.9. The van der Waals surface area contributed by atoms with Crippen LogP contribution in [0, 0.1) is 5.92 Å². The molecular formula is C25H29N3O4. The Morgan fingerprint density at radius 1 is 1.25 bits per heavy atom. The molecule has 168 valence electrons. The molecule has 2 aliphatic heterocycles. The first-order chi connectivity index (χ1) is 15.5. The molecule has 1 aromatic heterocycles. The van der Waals surface area contributed by atoms with Gasteiger partial charge in [-0.1, -0.05) is 6.07 Å². The van der Waals surface area contributed by atoms with Gasteiger partial charge in [-0.05, 0) is 74.8 Å². The number of nitrogens with one attached hydrogen (secondary N) is 2. The van der Waals surface area contributed by atoms with Gasteiger partial charge in [0, 0.05) is 24.3 Å². The van der Waals surface area contributed by atoms with Gasteiger partial charge in [-0.25, -0.2) is 0 Å². The van der Waals surface area contributed by atoms with E-state index in [-0.39, 0.29) is 23.7 Å². The standard InChI is InChI=1S/C25H29N3O4/c29-18-6-5-15-12-19-25(31)8-7-16(27-23(30)17-2-1-10-26-17)22-24(25,20(15)21(18)32-22)9-11-28(19)13-14-3-4-14/h1-2,5-6,10,14,16,19,22,26,29,31H,3-4,7-9,11-13H2,(H,27,30)/t16-,19-,22+,24+,25-/m1/s1. The van der Waals surface area contributed by atoms with Gasteiger partial charge in [0.15, 0.2) is 11.5 Å². The number of nitrogens with zero attached hydrogens (tertiary/aromatic N) is 1. The van der Waals surface area contributed by atoms with E-state index in [9.17, 15) is 15.0 Å². The van der Waals surface area contributed by atoms with E-state index in [1.54, 1.807) is 24.4 Å². The van der Waals surface area contributed by atoms with Crippen molar-refractivity contribution >= 4 is 5.91 Å². The second kappa shape index (κ2) is 6.29. The second-order valence-corrected chi connectivity index (χ2v) is 10.5. The molecule has 4 N–H and O–H groups in total. The van der Waals surface area contributed by atoms with Crippen molar-refractivity contribution in [2.45, 2.75) is 67.7 Å². The predicted molar refractivity (Wildman–Crippen MR) is 117 cm³/mol. The van der Waals surface area contributed by atoms with Crippen LogP contribution in [0.2, 0.25) is 0 Å². The monoisotopic (exact) mass is 435 g/mol. The van der Waals surface area contributed by atoms with Crippen molar-refractivity contribution in [2.24, 2.45) is 5.92 Å². The van der Waals surface area contributed by atoms with Crippen LogP contribution < -0.4 is 10.1 Å². The molecule has 2 aromatic rings. The van der Waals surface area contributed by atoms with Crippen LogP contribution in [0.4, 0.5) is 0 Å². The summed E-state index contributed by atoms with van der Waals surface area (Å²) in [4.78, 5) is 18.4. The first kappa shape index (κ1) is 19.0. The molecule has 2 saturated carbocycles. The van der Waals surface area contributed by atoms with Gasteiger partial charge < -0.3 is 25.3 Å². The first-order valence-electron chi connectivity index (χ1n) is 11.9. The molecule has 3 heterocycles. The summed E-state index contributed by atoms with van der Waals surface area (Å²) in [5.74, 6) is 1.24. The average molecular weight is 436 g/mol. The van der Waals surface area contributed by atoms with Gasteiger partial charge >= 0.3 is 0 Å². The lowest BCUT2D eigenvalue weighted by molar-refractivity contribution is -0.191. The predicted octanol–water partition coefficient (Wildman–Crippen LogP) is 2.08. The third-order valence-electron chi connectivity index (χ3n) is 8.92. The fourth-order valence-electron chi connectivity index (χ4n) is 7.35. The number of ether oxygens (including phenoxy) is 1. The van der Waals surface area contributed by atoms with Crippen LogP contribution in [0.1, 0.15) is 53.7 Å². The Bertz CT molecular complexity index is 1100. The SMILES string of the molecule is O=C(N[C@@H]1CC[C@@]2(O)[C@H]3Cc4ccc(O)c5c4[C@@]2(CCN3CC2CC2)[C@H]1O5)c1ccc[nH]1. The van der Waals surface area contributed by atoms with E-state index in [1.807, 2.05) is 6.07 Å². The molecule has 0 radical (unpaired) electrons. The van der Waals surface area contributed by atoms with Gasteiger partial charge in [-0.15, -0.1) is 0 Å². The molecule has 1 amide bonds. The molecule has 7 nitrogen and oxygen atoms in total. The molecule has 3 aliphatic carbocycles. The van der Waals surface area contributed by atoms with Crippen molar-refractivity contribution in [1.29, 1.82) is 0 Å². The Morgan fingerprint density at radius 2 is 2.12 bits per heavy atom. The Labute approximate surface area is 186 Å². The van der Waals surface area contributed by atoms with E-state index < -0.39 is 17.1 Å². The van der Waals surface area contributed by atoms with Crippen LogP contribution >= 0.6 is 0 Å². The summed E-state index contributed by atoms with van der Waals surface area (Å²) in [6.07, 6.45) is 6.74. The van der Waals surface area contributed by atoms with Gasteiger partial charge in [-0.3, -0.25) is 9.69 Å². The summed E-state index contributed by atoms with van der Waals surface area (Å²) >= 11 is 0. The molecule has 1 aromatic carbocycles. The first-order valence-corrected chi connectivity index (χ1v) is 11.9. The average Bonchev–Trinajstić information content (AvgIpc) is 3.27. The van der Waals surface area contributed by atoms with Crippen LogP contribution in [0.5, 0.6) is 11.5 Å². The fourth-order valence-corrected chi connectivity index (χ4v) is 7.35. The smallest absolute Gasteiger partial charge is 0.268 e. The summed E-state index contributed by atoms with van der Waals surface area (Å²) in [5.41, 5.74) is 1.15. The number of aliphatic hydroxyl groups is 1. The maximum Gasteiger partial charge on any atom is 0.268 e. The fraction of sp³-hybridized carbons (Fsp3) is 0.560. The number of carbonyl (C=O) groups excluding carboxylic acids is 1. The molecule has 5 atom stereocenters. The second-order valence-electron chi connectivity index (χ2n) is 10.5. The lowest BCUT2D eigenvalue weighted by Gasteiger charge is -2.64. The number of rotatable bonds is 4. The van der Waals surface area contributed by atoms with Crippen molar-refractivity contribution in [3.8, 4) is 11.5 Å². The Kier molecular flexibility index (Phi) is 3.74. The van der Waals surface area contributed by atoms with E-state index in [0.717, 1.165) is 37.4 Å². The number of aromatic nitrogens is 1. The maximum absolute atomic E-state index is 12.9. The summed E-state index contributed by atoms with van der Waals surface area (Å²) in [6, 6.07) is 7.11.